The highest BCUT2D eigenvalue weighted by Crippen LogP contribution is 2.32. The van der Waals surface area contributed by atoms with Crippen molar-refractivity contribution < 1.29 is 52.9 Å². The number of nitrogens with one attached hydrogen (secondary N) is 2. The molecule has 15 heteroatoms. The van der Waals surface area contributed by atoms with Gasteiger partial charge in [0, 0.05) is 61.3 Å². The Morgan fingerprint density at radius 2 is 1.02 bits per heavy atom. The maximum absolute atomic E-state index is 11.8. The zero-order valence-electron chi connectivity index (χ0n) is 34.4. The first-order valence-electron chi connectivity index (χ1n) is 18.4. The number of fused-ring (bicyclic) bond motifs is 3. The van der Waals surface area contributed by atoms with E-state index in [1.807, 2.05) is 33.8 Å². The minimum absolute atomic E-state index is 0.00324. The van der Waals surface area contributed by atoms with Gasteiger partial charge in [-0.3, -0.25) is 19.6 Å². The van der Waals surface area contributed by atoms with Crippen molar-refractivity contribution in [2.45, 2.75) is 91.6 Å². The van der Waals surface area contributed by atoms with Crippen molar-refractivity contribution in [2.75, 3.05) is 34.0 Å². The van der Waals surface area contributed by atoms with Crippen LogP contribution in [0.2, 0.25) is 0 Å². The summed E-state index contributed by atoms with van der Waals surface area (Å²) in [5.41, 5.74) is 4.75. The number of methoxy groups -OCH3 is 2. The molecule has 308 valence electrons. The van der Waals surface area contributed by atoms with Crippen LogP contribution in [0.3, 0.4) is 0 Å². The Labute approximate surface area is 333 Å². The highest BCUT2D eigenvalue weighted by atomic mass is 16.5. The van der Waals surface area contributed by atoms with E-state index in [0.717, 1.165) is 29.0 Å². The van der Waals surface area contributed by atoms with Gasteiger partial charge in [0.05, 0.1) is 36.4 Å². The van der Waals surface area contributed by atoms with E-state index in [9.17, 15) is 24.0 Å². The van der Waals surface area contributed by atoms with Crippen LogP contribution in [0.4, 0.5) is 0 Å². The lowest BCUT2D eigenvalue weighted by atomic mass is 10.0. The van der Waals surface area contributed by atoms with E-state index in [0.29, 0.717) is 61.1 Å². The van der Waals surface area contributed by atoms with Crippen LogP contribution in [0.5, 0.6) is 17.2 Å². The number of amides is 3. The van der Waals surface area contributed by atoms with Crippen molar-refractivity contribution in [3.63, 3.8) is 0 Å². The second kappa shape index (κ2) is 18.1. The molecule has 0 bridgehead atoms. The third-order valence-corrected chi connectivity index (χ3v) is 9.79. The number of nitrogens with zero attached hydrogens (tertiary/aromatic N) is 2. The second-order valence-corrected chi connectivity index (χ2v) is 15.8. The van der Waals surface area contributed by atoms with Gasteiger partial charge in [-0.1, -0.05) is 18.2 Å². The minimum Gasteiger partial charge on any atom is -0.491 e. The van der Waals surface area contributed by atoms with E-state index >= 15 is 0 Å². The Hall–Kier alpha value is -5.67. The molecule has 3 aromatic carbocycles. The molecule has 3 aromatic rings. The van der Waals surface area contributed by atoms with E-state index in [4.69, 9.17) is 24.2 Å². The number of esters is 2. The number of carbonyl (C=O) groups is 5. The molecule has 3 amide bonds. The average molecular weight is 791 g/mol. The summed E-state index contributed by atoms with van der Waals surface area (Å²) >= 11 is 0. The van der Waals surface area contributed by atoms with Crippen LogP contribution in [0.1, 0.15) is 103 Å². The molecule has 57 heavy (non-hydrogen) atoms. The first kappa shape index (κ1) is 44.0. The predicted molar refractivity (Wildman–Crippen MR) is 209 cm³/mol. The molecular formula is C42H54N4O11. The molecule has 0 fully saturated rings. The topological polar surface area (TPSA) is 182 Å². The number of rotatable bonds is 3. The first-order chi connectivity index (χ1) is 26.7. The van der Waals surface area contributed by atoms with E-state index < -0.39 is 23.0 Å². The van der Waals surface area contributed by atoms with Gasteiger partial charge in [-0.15, -0.1) is 0 Å². The fourth-order valence-corrected chi connectivity index (χ4v) is 6.32. The second-order valence-electron chi connectivity index (χ2n) is 15.8. The molecule has 15 nitrogen and oxygen atoms in total. The van der Waals surface area contributed by atoms with Crippen LogP contribution in [0.25, 0.3) is 0 Å². The molecule has 0 atom stereocenters. The third-order valence-electron chi connectivity index (χ3n) is 9.79. The van der Waals surface area contributed by atoms with Gasteiger partial charge >= 0.3 is 11.9 Å². The Balaban J connectivity index is 0.000000190. The largest absolute Gasteiger partial charge is 0.491 e. The smallest absolute Gasteiger partial charge is 0.337 e. The standard InChI is InChI=1S/C15H19NO4.C14H18N2O4.C13H17NO3/c1-10(17)16-8-12-6-5-11(14(18)19-4)7-13(12)20-9-15(16,2)3;1-9(17)16-7-11-5-4-10(13(18)15-19)6-12(11)20-8-14(16,2)3;1-13(2)8-17-11-6-9(12(15)16-3)4-5-10(11)7-14-13/h5-7H,8-9H2,1-4H3;4-6,19H,7-8H2,1-3H3,(H,15,18);4-6,14H,7-8H2,1-3H3. The normalized spacial score (nSPS) is 17.0. The molecular weight excluding hydrogens is 736 g/mol. The fraction of sp³-hybridized carbons (Fsp3) is 0.452. The molecule has 0 aliphatic carbocycles. The molecule has 3 aliphatic heterocycles. The molecule has 6 rings (SSSR count). The summed E-state index contributed by atoms with van der Waals surface area (Å²) in [7, 11) is 2.72. The van der Waals surface area contributed by atoms with E-state index in [-0.39, 0.29) is 23.3 Å². The monoisotopic (exact) mass is 790 g/mol. The van der Waals surface area contributed by atoms with E-state index in [1.54, 1.807) is 70.7 Å². The van der Waals surface area contributed by atoms with Gasteiger partial charge in [0.2, 0.25) is 11.8 Å². The summed E-state index contributed by atoms with van der Waals surface area (Å²) < 4.78 is 26.6. The van der Waals surface area contributed by atoms with Crippen LogP contribution in [0, 0.1) is 0 Å². The molecule has 0 unspecified atom stereocenters. The van der Waals surface area contributed by atoms with Crippen LogP contribution in [0.15, 0.2) is 54.6 Å². The number of carbonyl (C=O) groups excluding carboxylic acids is 5. The maximum atomic E-state index is 11.8. The van der Waals surface area contributed by atoms with Gasteiger partial charge in [0.15, 0.2) is 0 Å². The van der Waals surface area contributed by atoms with Crippen molar-refractivity contribution in [1.29, 1.82) is 0 Å². The zero-order chi connectivity index (χ0) is 42.3. The van der Waals surface area contributed by atoms with Crippen molar-refractivity contribution in [3.8, 4) is 17.2 Å². The third kappa shape index (κ3) is 11.0. The minimum atomic E-state index is -0.594. The van der Waals surface area contributed by atoms with Crippen molar-refractivity contribution in [2.24, 2.45) is 0 Å². The Morgan fingerprint density at radius 1 is 0.632 bits per heavy atom. The summed E-state index contributed by atoms with van der Waals surface area (Å²) in [5, 5.41) is 12.1. The van der Waals surface area contributed by atoms with Gasteiger partial charge in [0.25, 0.3) is 5.91 Å². The molecule has 0 spiro atoms. The Bertz CT molecular complexity index is 1890. The maximum Gasteiger partial charge on any atom is 0.337 e. The molecule has 3 aliphatic rings. The van der Waals surface area contributed by atoms with Crippen molar-refractivity contribution in [3.05, 3.63) is 88.0 Å². The quantitative estimate of drug-likeness (QED) is 0.183. The van der Waals surface area contributed by atoms with E-state index in [2.05, 4.69) is 23.9 Å². The summed E-state index contributed by atoms with van der Waals surface area (Å²) in [6, 6.07) is 15.4. The molecule has 0 saturated carbocycles. The predicted octanol–water partition coefficient (Wildman–Crippen LogP) is 5.05. The molecule has 0 aromatic heterocycles. The molecule has 3 heterocycles. The lowest BCUT2D eigenvalue weighted by Gasteiger charge is -2.35. The highest BCUT2D eigenvalue weighted by Gasteiger charge is 2.35. The van der Waals surface area contributed by atoms with Crippen LogP contribution < -0.4 is 25.0 Å². The van der Waals surface area contributed by atoms with Gasteiger partial charge in [-0.2, -0.15) is 0 Å². The first-order valence-corrected chi connectivity index (χ1v) is 18.4. The SMILES string of the molecule is CC(=O)N1Cc2ccc(C(=O)NO)cc2OCC1(C)C.COC(=O)c1ccc2c(c1)OCC(C)(C)N(C(C)=O)C2.COC(=O)c1ccc2c(c1)OCC(C)(C)NC2. The van der Waals surface area contributed by atoms with Crippen molar-refractivity contribution in [1.82, 2.24) is 20.6 Å². The van der Waals surface area contributed by atoms with Crippen LogP contribution >= 0.6 is 0 Å². The van der Waals surface area contributed by atoms with Gasteiger partial charge in [-0.25, -0.2) is 15.1 Å². The molecule has 0 saturated heterocycles. The number of ether oxygens (including phenoxy) is 5. The lowest BCUT2D eigenvalue weighted by Crippen LogP contribution is -2.48. The van der Waals surface area contributed by atoms with Gasteiger partial charge < -0.3 is 38.8 Å². The Kier molecular flexibility index (Phi) is 14.0. The molecule has 3 N–H and O–H groups in total. The highest BCUT2D eigenvalue weighted by molar-refractivity contribution is 5.94. The van der Waals surface area contributed by atoms with Gasteiger partial charge in [0.1, 0.15) is 37.1 Å². The van der Waals surface area contributed by atoms with Crippen molar-refractivity contribution >= 4 is 29.7 Å². The number of hydroxylamine groups is 1. The zero-order valence-corrected chi connectivity index (χ0v) is 34.4. The summed E-state index contributed by atoms with van der Waals surface area (Å²) in [6.45, 7) is 18.0. The summed E-state index contributed by atoms with van der Waals surface area (Å²) in [4.78, 5) is 61.4. The van der Waals surface area contributed by atoms with E-state index in [1.165, 1.54) is 21.1 Å². The van der Waals surface area contributed by atoms with Gasteiger partial charge in [-0.05, 0) is 77.9 Å². The Morgan fingerprint density at radius 3 is 1.44 bits per heavy atom. The fourth-order valence-electron chi connectivity index (χ4n) is 6.32. The summed E-state index contributed by atoms with van der Waals surface area (Å²) in [5.74, 6) is 0.588. The summed E-state index contributed by atoms with van der Waals surface area (Å²) in [6.07, 6.45) is 0. The lowest BCUT2D eigenvalue weighted by molar-refractivity contribution is -0.136. The van der Waals surface area contributed by atoms with Crippen LogP contribution in [-0.2, 0) is 38.7 Å². The number of hydrogen-bond acceptors (Lipinski definition) is 12. The number of hydrogen-bond donors (Lipinski definition) is 3. The number of benzene rings is 3. The molecule has 0 radical (unpaired) electrons. The van der Waals surface area contributed by atoms with Crippen LogP contribution in [-0.4, -0.2) is 95.3 Å². The average Bonchev–Trinajstić information content (AvgIpc) is 3.49.